The molecule has 19 heavy (non-hydrogen) atoms. The van der Waals surface area contributed by atoms with E-state index in [1.807, 2.05) is 12.1 Å². The molecule has 0 bridgehead atoms. The molecule has 1 N–H and O–H groups in total. The van der Waals surface area contributed by atoms with Crippen LogP contribution in [0, 0.1) is 0 Å². The fourth-order valence-corrected chi connectivity index (χ4v) is 2.69. The van der Waals surface area contributed by atoms with Crippen molar-refractivity contribution in [2.24, 2.45) is 0 Å². The van der Waals surface area contributed by atoms with Crippen molar-refractivity contribution in [3.8, 4) is 10.6 Å². The molecule has 3 aromatic rings. The molecule has 5 nitrogen and oxygen atoms in total. The van der Waals surface area contributed by atoms with Gasteiger partial charge in [0.05, 0.1) is 6.20 Å². The lowest BCUT2D eigenvalue weighted by Gasteiger charge is -1.97. The first-order valence-corrected chi connectivity index (χ1v) is 6.68. The second kappa shape index (κ2) is 4.47. The molecule has 0 atom stereocenters. The Labute approximate surface area is 113 Å². The van der Waals surface area contributed by atoms with E-state index >= 15 is 0 Å². The predicted molar refractivity (Wildman–Crippen MR) is 72.6 cm³/mol. The fourth-order valence-electron chi connectivity index (χ4n) is 1.80. The van der Waals surface area contributed by atoms with Crippen LogP contribution in [0.4, 0.5) is 0 Å². The van der Waals surface area contributed by atoms with Crippen molar-refractivity contribution < 1.29 is 9.90 Å². The third-order valence-corrected chi connectivity index (χ3v) is 3.84. The summed E-state index contributed by atoms with van der Waals surface area (Å²) in [5.41, 5.74) is 2.31. The Bertz CT molecular complexity index is 711. The number of aryl methyl sites for hydroxylation is 1. The molecule has 0 saturated heterocycles. The summed E-state index contributed by atoms with van der Waals surface area (Å²) in [6, 6.07) is 8.19. The molecule has 96 valence electrons. The number of aromatic carboxylic acids is 1. The van der Waals surface area contributed by atoms with Crippen LogP contribution in [-0.2, 0) is 6.42 Å². The van der Waals surface area contributed by atoms with Gasteiger partial charge in [-0.2, -0.15) is 5.10 Å². The zero-order chi connectivity index (χ0) is 13.4. The maximum Gasteiger partial charge on any atom is 0.356 e. The molecule has 0 aliphatic heterocycles. The summed E-state index contributed by atoms with van der Waals surface area (Å²) in [6.45, 7) is 2.11. The first-order valence-electron chi connectivity index (χ1n) is 5.86. The number of hydrogen-bond donors (Lipinski definition) is 1. The Balaban J connectivity index is 2.00. The number of rotatable bonds is 3. The maximum atomic E-state index is 10.8. The summed E-state index contributed by atoms with van der Waals surface area (Å²) in [7, 11) is 0. The van der Waals surface area contributed by atoms with Crippen molar-refractivity contribution in [2.75, 3.05) is 0 Å². The Morgan fingerprint density at radius 3 is 2.68 bits per heavy atom. The summed E-state index contributed by atoms with van der Waals surface area (Å²) in [5, 5.41) is 14.0. The number of carboxylic acids is 1. The lowest BCUT2D eigenvalue weighted by molar-refractivity contribution is 0.0691. The van der Waals surface area contributed by atoms with Crippen LogP contribution in [0.1, 0.15) is 23.0 Å². The fraction of sp³-hybridized carbons (Fsp3) is 0.154. The van der Waals surface area contributed by atoms with Gasteiger partial charge in [-0.1, -0.05) is 42.5 Å². The van der Waals surface area contributed by atoms with Crippen LogP contribution in [0.2, 0.25) is 0 Å². The van der Waals surface area contributed by atoms with E-state index in [-0.39, 0.29) is 5.69 Å². The number of aromatic nitrogens is 3. The summed E-state index contributed by atoms with van der Waals surface area (Å²) >= 11 is 1.38. The minimum atomic E-state index is -1.04. The molecular formula is C13H11N3O2S. The van der Waals surface area contributed by atoms with E-state index in [9.17, 15) is 4.79 Å². The lowest BCUT2D eigenvalue weighted by Crippen LogP contribution is -1.95. The first kappa shape index (κ1) is 11.9. The highest BCUT2D eigenvalue weighted by Gasteiger charge is 2.13. The van der Waals surface area contributed by atoms with Gasteiger partial charge in [-0.3, -0.25) is 0 Å². The number of nitrogens with zero attached hydrogens (tertiary/aromatic N) is 3. The Hall–Kier alpha value is -2.21. The zero-order valence-electron chi connectivity index (χ0n) is 10.2. The van der Waals surface area contributed by atoms with Crippen LogP contribution >= 0.6 is 11.3 Å². The van der Waals surface area contributed by atoms with Crippen LogP contribution in [0.15, 0.2) is 30.5 Å². The molecule has 0 fully saturated rings. The molecule has 2 aromatic heterocycles. The zero-order valence-corrected chi connectivity index (χ0v) is 11.0. The molecule has 0 spiro atoms. The summed E-state index contributed by atoms with van der Waals surface area (Å²) in [6.07, 6.45) is 2.43. The Morgan fingerprint density at radius 1 is 1.37 bits per heavy atom. The van der Waals surface area contributed by atoms with Crippen LogP contribution in [0.25, 0.3) is 15.5 Å². The highest BCUT2D eigenvalue weighted by molar-refractivity contribution is 7.19. The van der Waals surface area contributed by atoms with E-state index in [4.69, 9.17) is 5.11 Å². The van der Waals surface area contributed by atoms with Gasteiger partial charge in [-0.15, -0.1) is 0 Å². The summed E-state index contributed by atoms with van der Waals surface area (Å²) < 4.78 is 1.51. The predicted octanol–water partition coefficient (Wildman–Crippen LogP) is 2.72. The van der Waals surface area contributed by atoms with Gasteiger partial charge in [0.1, 0.15) is 5.01 Å². The van der Waals surface area contributed by atoms with Crippen LogP contribution < -0.4 is 0 Å². The average molecular weight is 273 g/mol. The van der Waals surface area contributed by atoms with E-state index < -0.39 is 5.97 Å². The third kappa shape index (κ3) is 2.10. The number of carbonyl (C=O) groups is 1. The van der Waals surface area contributed by atoms with E-state index in [0.717, 1.165) is 17.0 Å². The molecule has 0 aliphatic carbocycles. The molecule has 6 heteroatoms. The highest BCUT2D eigenvalue weighted by atomic mass is 32.1. The van der Waals surface area contributed by atoms with Gasteiger partial charge in [0.2, 0.25) is 4.96 Å². The monoisotopic (exact) mass is 273 g/mol. The SMILES string of the molecule is CCc1ccc(-c2nn3cc(C(=O)O)nc3s2)cc1. The van der Waals surface area contributed by atoms with Crippen LogP contribution in [0.5, 0.6) is 0 Å². The van der Waals surface area contributed by atoms with Gasteiger partial charge in [0.15, 0.2) is 5.69 Å². The number of imidazole rings is 1. The quantitative estimate of drug-likeness (QED) is 0.796. The number of benzene rings is 1. The van der Waals surface area contributed by atoms with Gasteiger partial charge in [0, 0.05) is 5.56 Å². The van der Waals surface area contributed by atoms with Crippen molar-refractivity contribution in [3.05, 3.63) is 41.7 Å². The topological polar surface area (TPSA) is 67.5 Å². The van der Waals surface area contributed by atoms with Gasteiger partial charge in [-0.05, 0) is 12.0 Å². The van der Waals surface area contributed by atoms with E-state index in [1.54, 1.807) is 0 Å². The highest BCUT2D eigenvalue weighted by Crippen LogP contribution is 2.25. The van der Waals surface area contributed by atoms with E-state index in [0.29, 0.717) is 4.96 Å². The molecule has 0 unspecified atom stereocenters. The molecular weight excluding hydrogens is 262 g/mol. The molecule has 0 saturated carbocycles. The van der Waals surface area contributed by atoms with E-state index in [2.05, 4.69) is 29.1 Å². The summed E-state index contributed by atoms with van der Waals surface area (Å²) in [4.78, 5) is 15.4. The normalized spacial score (nSPS) is 11.0. The number of carboxylic acid groups (broad SMARTS) is 1. The molecule has 0 amide bonds. The Kier molecular flexibility index (Phi) is 2.79. The lowest BCUT2D eigenvalue weighted by atomic mass is 10.1. The largest absolute Gasteiger partial charge is 0.476 e. The number of hydrogen-bond acceptors (Lipinski definition) is 4. The molecule has 2 heterocycles. The second-order valence-corrected chi connectivity index (χ2v) is 5.07. The molecule has 3 rings (SSSR count). The standard InChI is InChI=1S/C13H11N3O2S/c1-2-8-3-5-9(6-4-8)11-15-16-7-10(12(17)18)14-13(16)19-11/h3-7H,2H2,1H3,(H,17,18). The average Bonchev–Trinajstić information content (AvgIpc) is 2.97. The van der Waals surface area contributed by atoms with Gasteiger partial charge >= 0.3 is 5.97 Å². The molecule has 1 aromatic carbocycles. The van der Waals surface area contributed by atoms with Crippen molar-refractivity contribution in [1.29, 1.82) is 0 Å². The molecule has 0 aliphatic rings. The first-order chi connectivity index (χ1) is 9.17. The van der Waals surface area contributed by atoms with Gasteiger partial charge in [-0.25, -0.2) is 14.3 Å². The van der Waals surface area contributed by atoms with E-state index in [1.165, 1.54) is 27.6 Å². The van der Waals surface area contributed by atoms with Crippen LogP contribution in [0.3, 0.4) is 0 Å². The second-order valence-electron chi connectivity index (χ2n) is 4.12. The van der Waals surface area contributed by atoms with Gasteiger partial charge in [0.25, 0.3) is 0 Å². The van der Waals surface area contributed by atoms with Crippen molar-refractivity contribution >= 4 is 22.3 Å². The minimum Gasteiger partial charge on any atom is -0.476 e. The maximum absolute atomic E-state index is 10.8. The van der Waals surface area contributed by atoms with Crippen LogP contribution in [-0.4, -0.2) is 25.7 Å². The van der Waals surface area contributed by atoms with Crippen molar-refractivity contribution in [2.45, 2.75) is 13.3 Å². The molecule has 0 radical (unpaired) electrons. The minimum absolute atomic E-state index is 0.0200. The van der Waals surface area contributed by atoms with Gasteiger partial charge < -0.3 is 5.11 Å². The smallest absolute Gasteiger partial charge is 0.356 e. The van der Waals surface area contributed by atoms with Crippen molar-refractivity contribution in [1.82, 2.24) is 14.6 Å². The Morgan fingerprint density at radius 2 is 2.11 bits per heavy atom. The third-order valence-electron chi connectivity index (χ3n) is 2.87. The van der Waals surface area contributed by atoms with Crippen molar-refractivity contribution in [3.63, 3.8) is 0 Å². The summed E-state index contributed by atoms with van der Waals surface area (Å²) in [5.74, 6) is -1.04. The number of fused-ring (bicyclic) bond motifs is 1.